The van der Waals surface area contributed by atoms with E-state index in [4.69, 9.17) is 4.74 Å². The molecule has 2 saturated carbocycles. The number of rotatable bonds is 7. The molecular weight excluding hydrogens is 216 g/mol. The van der Waals surface area contributed by atoms with E-state index in [0.29, 0.717) is 12.0 Å². The molecule has 2 rings (SSSR count). The second-order valence-electron chi connectivity index (χ2n) is 5.41. The van der Waals surface area contributed by atoms with Crippen LogP contribution in [0.4, 0.5) is 0 Å². The molecule has 0 saturated heterocycles. The molecule has 0 amide bonds. The molecule has 1 atom stereocenters. The Bertz CT molecular complexity index is 287. The van der Waals surface area contributed by atoms with E-state index in [1.54, 1.807) is 0 Å². The number of hydrogen-bond donors (Lipinski definition) is 1. The number of hydrogen-bond acceptors (Lipinski definition) is 4. The zero-order valence-corrected chi connectivity index (χ0v) is 11.2. The Morgan fingerprint density at radius 2 is 2.06 bits per heavy atom. The zero-order chi connectivity index (χ0) is 12.5. The Balaban J connectivity index is 2.10. The first-order valence-corrected chi connectivity index (χ1v) is 6.67. The van der Waals surface area contributed by atoms with Gasteiger partial charge in [0.15, 0.2) is 0 Å². The first-order chi connectivity index (χ1) is 8.14. The van der Waals surface area contributed by atoms with E-state index in [1.807, 2.05) is 0 Å². The minimum atomic E-state index is -0.471. The van der Waals surface area contributed by atoms with Crippen LogP contribution < -0.4 is 5.32 Å². The van der Waals surface area contributed by atoms with Crippen LogP contribution in [0.25, 0.3) is 0 Å². The van der Waals surface area contributed by atoms with Crippen LogP contribution >= 0.6 is 0 Å². The first-order valence-electron chi connectivity index (χ1n) is 6.67. The van der Waals surface area contributed by atoms with Crippen LogP contribution in [0.2, 0.25) is 0 Å². The Labute approximate surface area is 104 Å². The molecule has 2 aliphatic carbocycles. The average molecular weight is 240 g/mol. The van der Waals surface area contributed by atoms with Gasteiger partial charge in [0.1, 0.15) is 5.54 Å². The number of likely N-dealkylation sites (N-methyl/N-ethyl adjacent to an activating group) is 2. The van der Waals surface area contributed by atoms with E-state index in [-0.39, 0.29) is 5.97 Å². The van der Waals surface area contributed by atoms with Crippen LogP contribution in [0.5, 0.6) is 0 Å². The summed E-state index contributed by atoms with van der Waals surface area (Å²) in [4.78, 5) is 14.5. The molecule has 4 nitrogen and oxygen atoms in total. The lowest BCUT2D eigenvalue weighted by molar-refractivity contribution is -0.150. The van der Waals surface area contributed by atoms with Crippen LogP contribution in [0.3, 0.4) is 0 Å². The third kappa shape index (κ3) is 2.63. The van der Waals surface area contributed by atoms with Crippen LogP contribution in [-0.4, -0.2) is 49.7 Å². The Morgan fingerprint density at radius 1 is 1.41 bits per heavy atom. The maximum Gasteiger partial charge on any atom is 0.327 e. The standard InChI is InChI=1S/C13H24N2O2/c1-4-14-13(10-5-6-10,12(16)17-3)9-15(2)11-7-8-11/h10-11,14H,4-9H2,1-3H3. The van der Waals surface area contributed by atoms with Crippen LogP contribution in [0.1, 0.15) is 32.6 Å². The third-order valence-electron chi connectivity index (χ3n) is 3.99. The van der Waals surface area contributed by atoms with Crippen LogP contribution in [-0.2, 0) is 9.53 Å². The minimum absolute atomic E-state index is 0.0886. The second kappa shape index (κ2) is 4.94. The van der Waals surface area contributed by atoms with Crippen molar-refractivity contribution in [2.75, 3.05) is 27.2 Å². The van der Waals surface area contributed by atoms with Gasteiger partial charge in [0, 0.05) is 12.6 Å². The molecule has 17 heavy (non-hydrogen) atoms. The fraction of sp³-hybridized carbons (Fsp3) is 0.923. The van der Waals surface area contributed by atoms with Gasteiger partial charge in [-0.05, 0) is 45.2 Å². The summed E-state index contributed by atoms with van der Waals surface area (Å²) in [5.41, 5.74) is -0.471. The Kier molecular flexibility index (Phi) is 3.73. The summed E-state index contributed by atoms with van der Waals surface area (Å²) in [6.45, 7) is 3.64. The summed E-state index contributed by atoms with van der Waals surface area (Å²) in [6.07, 6.45) is 4.82. The number of esters is 1. The molecule has 1 unspecified atom stereocenters. The highest BCUT2D eigenvalue weighted by Gasteiger charge is 2.52. The minimum Gasteiger partial charge on any atom is -0.468 e. The van der Waals surface area contributed by atoms with Crippen molar-refractivity contribution in [3.05, 3.63) is 0 Å². The van der Waals surface area contributed by atoms with Crippen molar-refractivity contribution in [1.82, 2.24) is 10.2 Å². The largest absolute Gasteiger partial charge is 0.468 e. The molecule has 4 heteroatoms. The van der Waals surface area contributed by atoms with E-state index < -0.39 is 5.54 Å². The molecule has 0 aromatic carbocycles. The molecule has 0 aromatic heterocycles. The van der Waals surface area contributed by atoms with Crippen molar-refractivity contribution >= 4 is 5.97 Å². The summed E-state index contributed by atoms with van der Waals surface area (Å²) in [5.74, 6) is 0.366. The number of carbonyl (C=O) groups excluding carboxylic acids is 1. The molecule has 0 radical (unpaired) electrons. The number of carbonyl (C=O) groups is 1. The summed E-state index contributed by atoms with van der Waals surface area (Å²) >= 11 is 0. The van der Waals surface area contributed by atoms with E-state index in [1.165, 1.54) is 20.0 Å². The van der Waals surface area contributed by atoms with Crippen molar-refractivity contribution in [1.29, 1.82) is 0 Å². The highest BCUT2D eigenvalue weighted by atomic mass is 16.5. The molecule has 0 spiro atoms. The smallest absolute Gasteiger partial charge is 0.327 e. The van der Waals surface area contributed by atoms with Crippen molar-refractivity contribution in [2.45, 2.75) is 44.2 Å². The topological polar surface area (TPSA) is 41.6 Å². The molecule has 0 bridgehead atoms. The molecule has 0 aliphatic heterocycles. The predicted molar refractivity (Wildman–Crippen MR) is 66.8 cm³/mol. The van der Waals surface area contributed by atoms with Gasteiger partial charge in [0.05, 0.1) is 7.11 Å². The highest BCUT2D eigenvalue weighted by molar-refractivity contribution is 5.82. The van der Waals surface area contributed by atoms with Crippen molar-refractivity contribution in [2.24, 2.45) is 5.92 Å². The molecule has 2 fully saturated rings. The van der Waals surface area contributed by atoms with Gasteiger partial charge in [0.2, 0.25) is 0 Å². The SMILES string of the molecule is CCNC(CN(C)C1CC1)(C(=O)OC)C1CC1. The lowest BCUT2D eigenvalue weighted by Gasteiger charge is -2.35. The first kappa shape index (κ1) is 12.8. The van der Waals surface area contributed by atoms with E-state index in [0.717, 1.165) is 25.9 Å². The highest BCUT2D eigenvalue weighted by Crippen LogP contribution is 2.42. The van der Waals surface area contributed by atoms with Gasteiger partial charge in [-0.15, -0.1) is 0 Å². The molecule has 0 heterocycles. The average Bonchev–Trinajstić information content (AvgIpc) is 3.19. The van der Waals surface area contributed by atoms with E-state index >= 15 is 0 Å². The Hall–Kier alpha value is -0.610. The summed E-state index contributed by atoms with van der Waals surface area (Å²) < 4.78 is 5.04. The molecule has 98 valence electrons. The van der Waals surface area contributed by atoms with Gasteiger partial charge in [-0.1, -0.05) is 6.92 Å². The van der Waals surface area contributed by atoms with Crippen molar-refractivity contribution < 1.29 is 9.53 Å². The van der Waals surface area contributed by atoms with Gasteiger partial charge in [0.25, 0.3) is 0 Å². The predicted octanol–water partition coefficient (Wildman–Crippen LogP) is 1.01. The monoisotopic (exact) mass is 240 g/mol. The van der Waals surface area contributed by atoms with E-state index in [2.05, 4.69) is 24.2 Å². The Morgan fingerprint density at radius 3 is 2.47 bits per heavy atom. The summed E-state index contributed by atoms with van der Waals surface area (Å²) in [7, 11) is 3.61. The zero-order valence-electron chi connectivity index (χ0n) is 11.2. The van der Waals surface area contributed by atoms with Crippen LogP contribution in [0, 0.1) is 5.92 Å². The van der Waals surface area contributed by atoms with Gasteiger partial charge in [-0.3, -0.25) is 0 Å². The second-order valence-corrected chi connectivity index (χ2v) is 5.41. The normalized spacial score (nSPS) is 23.5. The maximum atomic E-state index is 12.2. The summed E-state index contributed by atoms with van der Waals surface area (Å²) in [5, 5.41) is 3.41. The fourth-order valence-corrected chi connectivity index (χ4v) is 2.74. The molecule has 0 aromatic rings. The molecule has 1 N–H and O–H groups in total. The van der Waals surface area contributed by atoms with Gasteiger partial charge >= 0.3 is 5.97 Å². The van der Waals surface area contributed by atoms with Crippen molar-refractivity contribution in [3.8, 4) is 0 Å². The lowest BCUT2D eigenvalue weighted by atomic mass is 9.92. The third-order valence-corrected chi connectivity index (χ3v) is 3.99. The van der Waals surface area contributed by atoms with Gasteiger partial charge < -0.3 is 15.0 Å². The van der Waals surface area contributed by atoms with E-state index in [9.17, 15) is 4.79 Å². The van der Waals surface area contributed by atoms with Crippen LogP contribution in [0.15, 0.2) is 0 Å². The summed E-state index contributed by atoms with van der Waals surface area (Å²) in [6, 6.07) is 0.677. The van der Waals surface area contributed by atoms with Crippen molar-refractivity contribution in [3.63, 3.8) is 0 Å². The molecular formula is C13H24N2O2. The number of ether oxygens (including phenoxy) is 1. The van der Waals surface area contributed by atoms with Gasteiger partial charge in [-0.2, -0.15) is 0 Å². The lowest BCUT2D eigenvalue weighted by Crippen LogP contribution is -2.61. The fourth-order valence-electron chi connectivity index (χ4n) is 2.74. The quantitative estimate of drug-likeness (QED) is 0.674. The van der Waals surface area contributed by atoms with Gasteiger partial charge in [-0.25, -0.2) is 4.79 Å². The number of nitrogens with zero attached hydrogens (tertiary/aromatic N) is 1. The molecule has 2 aliphatic rings. The maximum absolute atomic E-state index is 12.2. The number of methoxy groups -OCH3 is 1. The number of nitrogens with one attached hydrogen (secondary N) is 1.